The van der Waals surface area contributed by atoms with Crippen LogP contribution in [0.4, 0.5) is 61.5 Å². The number of esters is 2. The van der Waals surface area contributed by atoms with E-state index in [4.69, 9.17) is 4.55 Å². The van der Waals surface area contributed by atoms with Gasteiger partial charge in [0.15, 0.2) is 18.5 Å². The van der Waals surface area contributed by atoms with Crippen LogP contribution in [-0.4, -0.2) is 79.4 Å². The molecule has 0 spiro atoms. The van der Waals surface area contributed by atoms with Gasteiger partial charge in [-0.05, 0) is 0 Å². The molecule has 7 nitrogen and oxygen atoms in total. The maximum Gasteiger partial charge on any atom is 1.00 e. The van der Waals surface area contributed by atoms with Crippen molar-refractivity contribution in [2.45, 2.75) is 47.7 Å². The molecule has 0 aliphatic carbocycles. The molecule has 0 amide bonds. The van der Waals surface area contributed by atoms with Crippen molar-refractivity contribution in [3.8, 4) is 0 Å². The van der Waals surface area contributed by atoms with E-state index in [1.165, 1.54) is 0 Å². The predicted molar refractivity (Wildman–Crippen MR) is 74.9 cm³/mol. The summed E-state index contributed by atoms with van der Waals surface area (Å²) in [5, 5.41) is -3.55. The maximum absolute atomic E-state index is 13.0. The molecule has 204 valence electrons. The van der Waals surface area contributed by atoms with Gasteiger partial charge in [-0.15, -0.1) is 0 Å². The zero-order valence-corrected chi connectivity index (χ0v) is 19.1. The van der Waals surface area contributed by atoms with Crippen LogP contribution in [0, 0.1) is 0 Å². The van der Waals surface area contributed by atoms with Crippen LogP contribution < -0.4 is 29.6 Å². The number of hydrogen-bond acceptors (Lipinski definition) is 6. The Bertz CT molecular complexity index is 874. The third kappa shape index (κ3) is 8.45. The van der Waals surface area contributed by atoms with Gasteiger partial charge in [-0.1, -0.05) is 0 Å². The molecular formula is C12H9F14NaO7S. The zero-order valence-electron chi connectivity index (χ0n) is 17.3. The molecule has 0 saturated carbocycles. The largest absolute Gasteiger partial charge is 1.00 e. The van der Waals surface area contributed by atoms with E-state index in [0.29, 0.717) is 0 Å². The maximum atomic E-state index is 13.0. The smallest absolute Gasteiger partial charge is 1.00 e. The van der Waals surface area contributed by atoms with Crippen molar-refractivity contribution in [2.24, 2.45) is 0 Å². The minimum atomic E-state index is -6.92. The standard InChI is InChI=1S/C12H8F14O7S.Na.H/c13-7(14,9(17,18)11(21,22)23)2-32-5(27)1-4(34(29,30)31)6(28)33-3-8(15,16)10(19,20)12(24,25)26;;/h4H,1-3H2,(H,29,30,31);;/q;+1;-1. The summed E-state index contributed by atoms with van der Waals surface area (Å²) in [7, 11) is -6.04. The van der Waals surface area contributed by atoms with E-state index < -0.39 is 83.0 Å². The molecule has 1 unspecified atom stereocenters. The summed E-state index contributed by atoms with van der Waals surface area (Å²) >= 11 is 0. The molecule has 0 radical (unpaired) electrons. The van der Waals surface area contributed by atoms with Crippen LogP contribution >= 0.6 is 0 Å². The fourth-order valence-electron chi connectivity index (χ4n) is 1.54. The molecule has 23 heteroatoms. The SMILES string of the molecule is O=C(CC(C(=O)OCC(F)(F)C(F)(F)C(F)(F)F)S(=O)(=O)O)OCC(F)(F)C(F)(F)C(F)(F)F.[H-].[Na+]. The van der Waals surface area contributed by atoms with E-state index in [1.807, 2.05) is 0 Å². The fraction of sp³-hybridized carbons (Fsp3) is 0.833. The number of carbonyl (C=O) groups excluding carboxylic acids is 2. The normalized spacial score (nSPS) is 15.2. The first-order valence-electron chi connectivity index (χ1n) is 7.55. The van der Waals surface area contributed by atoms with E-state index >= 15 is 0 Å². The van der Waals surface area contributed by atoms with Gasteiger partial charge in [0, 0.05) is 0 Å². The van der Waals surface area contributed by atoms with Gasteiger partial charge in [-0.25, -0.2) is 0 Å². The second-order valence-corrected chi connectivity index (χ2v) is 7.63. The molecule has 0 heterocycles. The van der Waals surface area contributed by atoms with Gasteiger partial charge < -0.3 is 10.9 Å². The average Bonchev–Trinajstić information content (AvgIpc) is 2.59. The van der Waals surface area contributed by atoms with Gasteiger partial charge >= 0.3 is 77.5 Å². The van der Waals surface area contributed by atoms with Crippen molar-refractivity contribution in [3.63, 3.8) is 0 Å². The van der Waals surface area contributed by atoms with E-state index in [2.05, 4.69) is 9.47 Å². The van der Waals surface area contributed by atoms with E-state index in [0.717, 1.165) is 0 Å². The number of ether oxygens (including phenoxy) is 2. The molecule has 0 fully saturated rings. The van der Waals surface area contributed by atoms with Crippen molar-refractivity contribution in [2.75, 3.05) is 13.2 Å². The Morgan fingerprint density at radius 1 is 0.714 bits per heavy atom. The number of halogens is 14. The number of rotatable bonds is 10. The van der Waals surface area contributed by atoms with Gasteiger partial charge in [0.25, 0.3) is 10.1 Å². The van der Waals surface area contributed by atoms with E-state index in [-0.39, 0.29) is 31.0 Å². The molecule has 0 aliphatic heterocycles. The van der Waals surface area contributed by atoms with E-state index in [9.17, 15) is 79.5 Å². The molecule has 0 aliphatic rings. The summed E-state index contributed by atoms with van der Waals surface area (Å²) < 4.78 is 212. The Labute approximate surface area is 207 Å². The van der Waals surface area contributed by atoms with Crippen molar-refractivity contribution >= 4 is 22.1 Å². The van der Waals surface area contributed by atoms with Gasteiger partial charge in [0.1, 0.15) is 0 Å². The summed E-state index contributed by atoms with van der Waals surface area (Å²) in [4.78, 5) is 22.6. The summed E-state index contributed by atoms with van der Waals surface area (Å²) in [6, 6.07) is 0. The monoisotopic (exact) mass is 586 g/mol. The van der Waals surface area contributed by atoms with Gasteiger partial charge in [-0.2, -0.15) is 69.9 Å². The van der Waals surface area contributed by atoms with Crippen LogP contribution in [0.3, 0.4) is 0 Å². The molecule has 0 aromatic rings. The van der Waals surface area contributed by atoms with Crippen molar-refractivity contribution < 1.29 is 124 Å². The van der Waals surface area contributed by atoms with Gasteiger partial charge in [0.05, 0.1) is 6.42 Å². The Balaban J connectivity index is -0.00000544. The van der Waals surface area contributed by atoms with Crippen LogP contribution in [0.2, 0.25) is 0 Å². The molecule has 0 aromatic heterocycles. The Morgan fingerprint density at radius 2 is 1.03 bits per heavy atom. The van der Waals surface area contributed by atoms with Crippen LogP contribution in [0.15, 0.2) is 0 Å². The van der Waals surface area contributed by atoms with Crippen LogP contribution in [0.1, 0.15) is 7.85 Å². The zero-order chi connectivity index (χ0) is 27.8. The summed E-state index contributed by atoms with van der Waals surface area (Å²) in [6.07, 6.45) is -16.1. The molecule has 1 atom stereocenters. The van der Waals surface area contributed by atoms with Crippen molar-refractivity contribution in [3.05, 3.63) is 0 Å². The van der Waals surface area contributed by atoms with Crippen LogP contribution in [0.5, 0.6) is 0 Å². The van der Waals surface area contributed by atoms with Gasteiger partial charge in [-0.3, -0.25) is 14.1 Å². The Kier molecular flexibility index (Phi) is 11.4. The molecule has 35 heavy (non-hydrogen) atoms. The Morgan fingerprint density at radius 3 is 1.31 bits per heavy atom. The first-order valence-corrected chi connectivity index (χ1v) is 9.05. The quantitative estimate of drug-likeness (QED) is 0.172. The topological polar surface area (TPSA) is 107 Å². The first kappa shape index (κ1) is 36.0. The molecule has 0 bridgehead atoms. The molecule has 0 aromatic carbocycles. The van der Waals surface area contributed by atoms with E-state index in [1.54, 1.807) is 0 Å². The van der Waals surface area contributed by atoms with Crippen LogP contribution in [0.25, 0.3) is 0 Å². The number of alkyl halides is 14. The number of carbonyl (C=O) groups is 2. The summed E-state index contributed by atoms with van der Waals surface area (Å²) in [5.74, 6) is -31.5. The van der Waals surface area contributed by atoms with Crippen molar-refractivity contribution in [1.29, 1.82) is 0 Å². The predicted octanol–water partition coefficient (Wildman–Crippen LogP) is 0.502. The molecular weight excluding hydrogens is 577 g/mol. The Hall–Kier alpha value is -1.13. The second kappa shape index (κ2) is 11.1. The third-order valence-corrected chi connectivity index (χ3v) is 4.49. The van der Waals surface area contributed by atoms with Gasteiger partial charge in [0.2, 0.25) is 0 Å². The second-order valence-electron chi connectivity index (χ2n) is 6.03. The minimum absolute atomic E-state index is 0. The molecule has 1 N–H and O–H groups in total. The summed E-state index contributed by atoms with van der Waals surface area (Å²) in [6.45, 7) is -6.32. The number of hydrogen-bond donors (Lipinski definition) is 1. The average molecular weight is 586 g/mol. The molecule has 0 saturated heterocycles. The third-order valence-electron chi connectivity index (χ3n) is 3.42. The van der Waals surface area contributed by atoms with Crippen molar-refractivity contribution in [1.82, 2.24) is 0 Å². The fourth-order valence-corrected chi connectivity index (χ4v) is 2.20. The summed E-state index contributed by atoms with van der Waals surface area (Å²) in [5.41, 5.74) is 0. The minimum Gasteiger partial charge on any atom is -1.00 e. The first-order chi connectivity index (χ1) is 14.6. The molecule has 0 rings (SSSR count). The van der Waals surface area contributed by atoms with Crippen LogP contribution in [-0.2, 0) is 29.2 Å².